The highest BCUT2D eigenvalue weighted by molar-refractivity contribution is 7.89. The zero-order valence-electron chi connectivity index (χ0n) is 11.8. The Kier molecular flexibility index (Phi) is 4.95. The van der Waals surface area contributed by atoms with Crippen molar-refractivity contribution in [3.63, 3.8) is 0 Å². The number of rotatable bonds is 6. The monoisotopic (exact) mass is 305 g/mol. The maximum absolute atomic E-state index is 11.6. The maximum Gasteiger partial charge on any atom is 0.240 e. The Morgan fingerprint density at radius 2 is 1.48 bits per heavy atom. The molecule has 0 saturated heterocycles. The molecule has 0 aliphatic carbocycles. The number of sulfonamides is 1. The number of nitrogens with two attached hydrogens (primary N) is 1. The zero-order chi connectivity index (χ0) is 15.3. The van der Waals surface area contributed by atoms with Gasteiger partial charge in [0.05, 0.1) is 4.90 Å². The molecular weight excluding hydrogens is 286 g/mol. The van der Waals surface area contributed by atoms with Crippen molar-refractivity contribution in [2.24, 2.45) is 5.73 Å². The molecule has 0 aromatic heterocycles. The van der Waals surface area contributed by atoms with E-state index in [0.717, 1.165) is 17.8 Å². The summed E-state index contributed by atoms with van der Waals surface area (Å²) in [5.41, 5.74) is 8.48. The molecule has 2 aromatic carbocycles. The van der Waals surface area contributed by atoms with Crippen molar-refractivity contribution in [2.75, 3.05) is 18.9 Å². The molecular formula is C15H19N3O2S. The third-order valence-electron chi connectivity index (χ3n) is 3.11. The molecule has 0 bridgehead atoms. The summed E-state index contributed by atoms with van der Waals surface area (Å²) in [5, 5.41) is 3.22. The van der Waals surface area contributed by atoms with E-state index in [9.17, 15) is 8.42 Å². The van der Waals surface area contributed by atoms with E-state index in [1.54, 1.807) is 24.3 Å². The van der Waals surface area contributed by atoms with Crippen LogP contribution in [0, 0.1) is 0 Å². The minimum absolute atomic E-state index is 0.244. The summed E-state index contributed by atoms with van der Waals surface area (Å²) in [4.78, 5) is 0.244. The highest BCUT2D eigenvalue weighted by Gasteiger charge is 2.10. The van der Waals surface area contributed by atoms with Crippen molar-refractivity contribution in [2.45, 2.75) is 11.3 Å². The largest absolute Gasteiger partial charge is 0.356 e. The van der Waals surface area contributed by atoms with E-state index in [-0.39, 0.29) is 4.90 Å². The van der Waals surface area contributed by atoms with Crippen LogP contribution in [0.4, 0.5) is 11.4 Å². The topological polar surface area (TPSA) is 84.2 Å². The van der Waals surface area contributed by atoms with Gasteiger partial charge in [-0.3, -0.25) is 0 Å². The van der Waals surface area contributed by atoms with Gasteiger partial charge < -0.3 is 11.1 Å². The minimum atomic E-state index is -3.39. The Hall–Kier alpha value is -1.89. The SMILES string of the molecule is CNS(=O)(=O)c1ccc(Nc2ccc(CCN)cc2)cc1. The Balaban J connectivity index is 2.10. The van der Waals surface area contributed by atoms with Gasteiger partial charge in [0.15, 0.2) is 0 Å². The summed E-state index contributed by atoms with van der Waals surface area (Å²) in [7, 11) is -2.00. The molecule has 0 fully saturated rings. The van der Waals surface area contributed by atoms with Crippen LogP contribution in [0.15, 0.2) is 53.4 Å². The van der Waals surface area contributed by atoms with Crippen LogP contribution in [0.25, 0.3) is 0 Å². The van der Waals surface area contributed by atoms with Crippen LogP contribution in [-0.4, -0.2) is 22.0 Å². The number of hydrogen-bond donors (Lipinski definition) is 3. The lowest BCUT2D eigenvalue weighted by Gasteiger charge is -2.08. The molecule has 0 amide bonds. The van der Waals surface area contributed by atoms with E-state index >= 15 is 0 Å². The van der Waals surface area contributed by atoms with Crippen LogP contribution in [0.5, 0.6) is 0 Å². The highest BCUT2D eigenvalue weighted by atomic mass is 32.2. The van der Waals surface area contributed by atoms with Gasteiger partial charge in [-0.2, -0.15) is 0 Å². The third-order valence-corrected chi connectivity index (χ3v) is 4.54. The molecule has 21 heavy (non-hydrogen) atoms. The van der Waals surface area contributed by atoms with E-state index in [4.69, 9.17) is 5.73 Å². The van der Waals surface area contributed by atoms with Crippen molar-refractivity contribution < 1.29 is 8.42 Å². The average Bonchev–Trinajstić information content (AvgIpc) is 2.50. The minimum Gasteiger partial charge on any atom is -0.356 e. The van der Waals surface area contributed by atoms with Gasteiger partial charge in [-0.1, -0.05) is 12.1 Å². The first-order valence-electron chi connectivity index (χ1n) is 6.65. The van der Waals surface area contributed by atoms with Gasteiger partial charge >= 0.3 is 0 Å². The number of nitrogens with one attached hydrogen (secondary N) is 2. The van der Waals surface area contributed by atoms with Crippen LogP contribution in [0.1, 0.15) is 5.56 Å². The second-order valence-corrected chi connectivity index (χ2v) is 6.48. The fourth-order valence-corrected chi connectivity index (χ4v) is 2.65. The van der Waals surface area contributed by atoms with Crippen LogP contribution < -0.4 is 15.8 Å². The summed E-state index contributed by atoms with van der Waals surface area (Å²) >= 11 is 0. The lowest BCUT2D eigenvalue weighted by Crippen LogP contribution is -2.18. The van der Waals surface area contributed by atoms with E-state index in [1.165, 1.54) is 12.6 Å². The molecule has 4 N–H and O–H groups in total. The molecule has 2 aromatic rings. The van der Waals surface area contributed by atoms with Gasteiger partial charge in [-0.05, 0) is 62.0 Å². The molecule has 0 radical (unpaired) electrons. The Bertz CT molecular complexity index is 680. The number of anilines is 2. The predicted molar refractivity (Wildman–Crippen MR) is 85.2 cm³/mol. The standard InChI is InChI=1S/C15H19N3O2S/c1-17-21(19,20)15-8-6-14(7-9-15)18-13-4-2-12(3-5-13)10-11-16/h2-9,17-18H,10-11,16H2,1H3. The first kappa shape index (κ1) is 15.5. The maximum atomic E-state index is 11.6. The molecule has 0 spiro atoms. The van der Waals surface area contributed by atoms with Gasteiger partial charge in [0.25, 0.3) is 0 Å². The van der Waals surface area contributed by atoms with Crippen molar-refractivity contribution in [1.82, 2.24) is 4.72 Å². The van der Waals surface area contributed by atoms with Gasteiger partial charge in [0, 0.05) is 11.4 Å². The average molecular weight is 305 g/mol. The van der Waals surface area contributed by atoms with E-state index < -0.39 is 10.0 Å². The molecule has 5 nitrogen and oxygen atoms in total. The smallest absolute Gasteiger partial charge is 0.240 e. The summed E-state index contributed by atoms with van der Waals surface area (Å²) in [6.45, 7) is 0.633. The van der Waals surface area contributed by atoms with Gasteiger partial charge in [-0.25, -0.2) is 13.1 Å². The summed E-state index contributed by atoms with van der Waals surface area (Å²) in [6, 6.07) is 14.6. The first-order valence-corrected chi connectivity index (χ1v) is 8.13. The highest BCUT2D eigenvalue weighted by Crippen LogP contribution is 2.19. The zero-order valence-corrected chi connectivity index (χ0v) is 12.7. The predicted octanol–water partition coefficient (Wildman–Crippen LogP) is 1.84. The van der Waals surface area contributed by atoms with Crippen LogP contribution >= 0.6 is 0 Å². The Labute approximate surface area is 125 Å². The summed E-state index contributed by atoms with van der Waals surface area (Å²) < 4.78 is 25.5. The van der Waals surface area contributed by atoms with Gasteiger partial charge in [-0.15, -0.1) is 0 Å². The van der Waals surface area contributed by atoms with Crippen LogP contribution in [-0.2, 0) is 16.4 Å². The lowest BCUT2D eigenvalue weighted by atomic mass is 10.1. The second-order valence-electron chi connectivity index (χ2n) is 4.59. The number of hydrogen-bond acceptors (Lipinski definition) is 4. The molecule has 0 atom stereocenters. The lowest BCUT2D eigenvalue weighted by molar-refractivity contribution is 0.588. The molecule has 2 rings (SSSR count). The van der Waals surface area contributed by atoms with Crippen molar-refractivity contribution >= 4 is 21.4 Å². The fraction of sp³-hybridized carbons (Fsp3) is 0.200. The first-order chi connectivity index (χ1) is 10.0. The van der Waals surface area contributed by atoms with Gasteiger partial charge in [0.1, 0.15) is 0 Å². The molecule has 0 heterocycles. The number of benzene rings is 2. The van der Waals surface area contributed by atoms with Crippen LogP contribution in [0.3, 0.4) is 0 Å². The molecule has 0 aliphatic rings. The molecule has 0 aliphatic heterocycles. The second kappa shape index (κ2) is 6.71. The van der Waals surface area contributed by atoms with Crippen molar-refractivity contribution in [3.8, 4) is 0 Å². The molecule has 0 saturated carbocycles. The summed E-state index contributed by atoms with van der Waals surface area (Å²) in [6.07, 6.45) is 0.858. The molecule has 112 valence electrons. The van der Waals surface area contributed by atoms with Crippen LogP contribution in [0.2, 0.25) is 0 Å². The fourth-order valence-electron chi connectivity index (χ4n) is 1.92. The van der Waals surface area contributed by atoms with Crippen molar-refractivity contribution in [3.05, 3.63) is 54.1 Å². The van der Waals surface area contributed by atoms with E-state index in [1.807, 2.05) is 24.3 Å². The molecule has 0 unspecified atom stereocenters. The van der Waals surface area contributed by atoms with Gasteiger partial charge in [0.2, 0.25) is 10.0 Å². The normalized spacial score (nSPS) is 11.3. The Morgan fingerprint density at radius 1 is 0.952 bits per heavy atom. The summed E-state index contributed by atoms with van der Waals surface area (Å²) in [5.74, 6) is 0. The van der Waals surface area contributed by atoms with Crippen molar-refractivity contribution in [1.29, 1.82) is 0 Å². The quantitative estimate of drug-likeness (QED) is 0.760. The van der Waals surface area contributed by atoms with E-state index in [0.29, 0.717) is 6.54 Å². The van der Waals surface area contributed by atoms with E-state index in [2.05, 4.69) is 10.0 Å². The molecule has 6 heteroatoms. The third kappa shape index (κ3) is 4.04. The Morgan fingerprint density at radius 3 is 1.95 bits per heavy atom.